The minimum absolute atomic E-state index is 0.0624. The molecule has 1 aliphatic heterocycles. The lowest BCUT2D eigenvalue weighted by atomic mass is 9.82. The van der Waals surface area contributed by atoms with Crippen LogP contribution < -0.4 is 5.69 Å². The number of thiol groups is 1. The summed E-state index contributed by atoms with van der Waals surface area (Å²) in [6, 6.07) is 1.95. The van der Waals surface area contributed by atoms with E-state index in [1.54, 1.807) is 4.57 Å². The molecule has 0 radical (unpaired) electrons. The minimum atomic E-state index is -0.153. The Kier molecular flexibility index (Phi) is 4.12. The van der Waals surface area contributed by atoms with Gasteiger partial charge >= 0.3 is 5.69 Å². The van der Waals surface area contributed by atoms with Gasteiger partial charge in [-0.3, -0.25) is 4.57 Å². The van der Waals surface area contributed by atoms with Crippen LogP contribution in [0.25, 0.3) is 0 Å². The Balaban J connectivity index is 2.30. The molecule has 1 aliphatic rings. The van der Waals surface area contributed by atoms with Gasteiger partial charge in [-0.05, 0) is 38.5 Å². The highest BCUT2D eigenvalue weighted by Gasteiger charge is 2.32. The summed E-state index contributed by atoms with van der Waals surface area (Å²) >= 11 is 4.48. The van der Waals surface area contributed by atoms with Crippen molar-refractivity contribution >= 4 is 12.6 Å². The van der Waals surface area contributed by atoms with Crippen molar-refractivity contribution in [3.63, 3.8) is 0 Å². The zero-order valence-electron chi connectivity index (χ0n) is 11.0. The first-order valence-corrected chi connectivity index (χ1v) is 6.93. The molecule has 1 aromatic rings. The van der Waals surface area contributed by atoms with Gasteiger partial charge in [0.15, 0.2) is 0 Å². The molecule has 0 atom stereocenters. The van der Waals surface area contributed by atoms with Crippen LogP contribution in [0.2, 0.25) is 0 Å². The summed E-state index contributed by atoms with van der Waals surface area (Å²) in [5.41, 5.74) is 1.66. The predicted molar refractivity (Wildman–Crippen MR) is 74.3 cm³/mol. The number of aromatic nitrogens is 2. The molecule has 0 amide bonds. The van der Waals surface area contributed by atoms with Crippen LogP contribution in [-0.2, 0) is 11.3 Å². The number of aryl methyl sites for hydroxylation is 2. The molecule has 4 nitrogen and oxygen atoms in total. The molecule has 0 spiro atoms. The van der Waals surface area contributed by atoms with Crippen LogP contribution in [0.15, 0.2) is 10.9 Å². The second-order valence-corrected chi connectivity index (χ2v) is 5.49. The van der Waals surface area contributed by atoms with Gasteiger partial charge in [0.2, 0.25) is 0 Å². The van der Waals surface area contributed by atoms with Crippen molar-refractivity contribution in [1.29, 1.82) is 0 Å². The van der Waals surface area contributed by atoms with Crippen molar-refractivity contribution < 1.29 is 4.74 Å². The van der Waals surface area contributed by atoms with Crippen molar-refractivity contribution in [3.8, 4) is 0 Å². The Morgan fingerprint density at radius 1 is 1.44 bits per heavy atom. The minimum Gasteiger partial charge on any atom is -0.381 e. The SMILES string of the molecule is Cc1cc(C)n(CC2(CS)CCOCC2)c(=O)n1. The second-order valence-electron chi connectivity index (χ2n) is 5.18. The fourth-order valence-corrected chi connectivity index (χ4v) is 2.89. The van der Waals surface area contributed by atoms with Gasteiger partial charge in [-0.1, -0.05) is 0 Å². The summed E-state index contributed by atoms with van der Waals surface area (Å²) in [6.45, 7) is 6.02. The van der Waals surface area contributed by atoms with Gasteiger partial charge in [-0.25, -0.2) is 4.79 Å². The van der Waals surface area contributed by atoms with Crippen molar-refractivity contribution in [3.05, 3.63) is 27.9 Å². The molecule has 5 heteroatoms. The molecular formula is C13H20N2O2S. The average Bonchev–Trinajstić information content (AvgIpc) is 2.35. The van der Waals surface area contributed by atoms with Gasteiger partial charge in [0.05, 0.1) is 0 Å². The smallest absolute Gasteiger partial charge is 0.347 e. The van der Waals surface area contributed by atoms with Gasteiger partial charge < -0.3 is 4.74 Å². The van der Waals surface area contributed by atoms with Crippen LogP contribution >= 0.6 is 12.6 Å². The Hall–Kier alpha value is -0.810. The molecule has 0 saturated carbocycles. The monoisotopic (exact) mass is 268 g/mol. The Labute approximate surface area is 113 Å². The highest BCUT2D eigenvalue weighted by Crippen LogP contribution is 2.33. The van der Waals surface area contributed by atoms with Crippen molar-refractivity contribution in [2.75, 3.05) is 19.0 Å². The van der Waals surface area contributed by atoms with Crippen LogP contribution in [0, 0.1) is 19.3 Å². The van der Waals surface area contributed by atoms with Gasteiger partial charge in [0.1, 0.15) is 0 Å². The van der Waals surface area contributed by atoms with Crippen LogP contribution in [-0.4, -0.2) is 28.5 Å². The molecule has 0 bridgehead atoms. The van der Waals surface area contributed by atoms with Crippen molar-refractivity contribution in [1.82, 2.24) is 9.55 Å². The summed E-state index contributed by atoms with van der Waals surface area (Å²) in [6.07, 6.45) is 1.91. The van der Waals surface area contributed by atoms with E-state index in [4.69, 9.17) is 4.74 Å². The second kappa shape index (κ2) is 5.45. The van der Waals surface area contributed by atoms with E-state index in [0.29, 0.717) is 6.54 Å². The first-order valence-electron chi connectivity index (χ1n) is 6.30. The van der Waals surface area contributed by atoms with Crippen molar-refractivity contribution in [2.24, 2.45) is 5.41 Å². The average molecular weight is 268 g/mol. The third-order valence-electron chi connectivity index (χ3n) is 3.73. The number of hydrogen-bond donors (Lipinski definition) is 1. The number of nitrogens with zero attached hydrogens (tertiary/aromatic N) is 2. The molecule has 1 aromatic heterocycles. The fraction of sp³-hybridized carbons (Fsp3) is 0.692. The van der Waals surface area contributed by atoms with E-state index in [1.807, 2.05) is 19.9 Å². The first-order chi connectivity index (χ1) is 8.56. The van der Waals surface area contributed by atoms with E-state index < -0.39 is 0 Å². The maximum Gasteiger partial charge on any atom is 0.347 e. The Morgan fingerprint density at radius 3 is 2.67 bits per heavy atom. The summed E-state index contributed by atoms with van der Waals surface area (Å²) in [4.78, 5) is 16.0. The highest BCUT2D eigenvalue weighted by atomic mass is 32.1. The standard InChI is InChI=1S/C13H20N2O2S/c1-10-7-11(2)15(12(16)14-10)8-13(9-18)3-5-17-6-4-13/h7,18H,3-6,8-9H2,1-2H3. The molecule has 0 aliphatic carbocycles. The van der Waals surface area contributed by atoms with E-state index in [0.717, 1.165) is 43.2 Å². The predicted octanol–water partition coefficient (Wildman–Crippen LogP) is 1.59. The third-order valence-corrected chi connectivity index (χ3v) is 4.40. The Morgan fingerprint density at radius 2 is 2.11 bits per heavy atom. The molecule has 0 unspecified atom stereocenters. The molecule has 2 heterocycles. The van der Waals surface area contributed by atoms with Crippen LogP contribution in [0.5, 0.6) is 0 Å². The van der Waals surface area contributed by atoms with Gasteiger partial charge in [-0.15, -0.1) is 0 Å². The molecule has 0 N–H and O–H groups in total. The van der Waals surface area contributed by atoms with E-state index in [-0.39, 0.29) is 11.1 Å². The first kappa shape index (κ1) is 13.6. The summed E-state index contributed by atoms with van der Waals surface area (Å²) in [5.74, 6) is 0.774. The summed E-state index contributed by atoms with van der Waals surface area (Å²) in [7, 11) is 0. The zero-order valence-corrected chi connectivity index (χ0v) is 11.9. The van der Waals surface area contributed by atoms with Crippen molar-refractivity contribution in [2.45, 2.75) is 33.2 Å². The van der Waals surface area contributed by atoms with Crippen LogP contribution in [0.1, 0.15) is 24.2 Å². The largest absolute Gasteiger partial charge is 0.381 e. The van der Waals surface area contributed by atoms with E-state index in [9.17, 15) is 4.79 Å². The normalized spacial score (nSPS) is 18.8. The molecular weight excluding hydrogens is 248 g/mol. The summed E-state index contributed by atoms with van der Waals surface area (Å²) < 4.78 is 7.18. The van der Waals surface area contributed by atoms with Gasteiger partial charge in [0.25, 0.3) is 0 Å². The van der Waals surface area contributed by atoms with Crippen LogP contribution in [0.4, 0.5) is 0 Å². The molecule has 1 saturated heterocycles. The van der Waals surface area contributed by atoms with E-state index in [1.165, 1.54) is 0 Å². The number of ether oxygens (including phenoxy) is 1. The molecule has 2 rings (SSSR count). The lowest BCUT2D eigenvalue weighted by Crippen LogP contribution is -2.40. The van der Waals surface area contributed by atoms with E-state index in [2.05, 4.69) is 17.6 Å². The van der Waals surface area contributed by atoms with E-state index >= 15 is 0 Å². The van der Waals surface area contributed by atoms with Gasteiger partial charge in [-0.2, -0.15) is 17.6 Å². The number of hydrogen-bond acceptors (Lipinski definition) is 4. The maximum absolute atomic E-state index is 12.0. The zero-order chi connectivity index (χ0) is 13.2. The molecule has 1 fully saturated rings. The lowest BCUT2D eigenvalue weighted by Gasteiger charge is -2.36. The Bertz CT molecular complexity index is 478. The third kappa shape index (κ3) is 2.78. The topological polar surface area (TPSA) is 44.1 Å². The quantitative estimate of drug-likeness (QED) is 0.847. The maximum atomic E-state index is 12.0. The molecule has 18 heavy (non-hydrogen) atoms. The highest BCUT2D eigenvalue weighted by molar-refractivity contribution is 7.80. The lowest BCUT2D eigenvalue weighted by molar-refractivity contribution is 0.0172. The summed E-state index contributed by atoms with van der Waals surface area (Å²) in [5, 5.41) is 0. The molecule has 0 aromatic carbocycles. The van der Waals surface area contributed by atoms with Gasteiger partial charge in [0, 0.05) is 36.6 Å². The fourth-order valence-electron chi connectivity index (χ4n) is 2.47. The molecule has 100 valence electrons. The van der Waals surface area contributed by atoms with Crippen LogP contribution in [0.3, 0.4) is 0 Å². The number of rotatable bonds is 3.